The van der Waals surface area contributed by atoms with E-state index in [0.29, 0.717) is 38.9 Å². The Kier molecular flexibility index (Phi) is 6.72. The number of urea groups is 2. The van der Waals surface area contributed by atoms with E-state index in [9.17, 15) is 31.5 Å². The van der Waals surface area contributed by atoms with Gasteiger partial charge in [-0.15, -0.1) is 0 Å². The number of hydrogen-bond acceptors (Lipinski definition) is 3. The SMILES string of the molecule is CN1C(=O)NCC12CCN(C(=O)N[C@@H]1CC[C@@H](c3cccc(F)c3F)Cn3c(CC(F)(F)F)cnc31)CC2. The quantitative estimate of drug-likeness (QED) is 0.576. The Morgan fingerprint density at radius 2 is 1.95 bits per heavy atom. The van der Waals surface area contributed by atoms with E-state index in [1.807, 2.05) is 0 Å². The molecule has 3 aliphatic heterocycles. The van der Waals surface area contributed by atoms with E-state index in [1.165, 1.54) is 16.7 Å². The van der Waals surface area contributed by atoms with E-state index in [0.717, 1.165) is 12.3 Å². The number of nitrogens with zero attached hydrogens (tertiary/aromatic N) is 4. The number of halogens is 5. The Morgan fingerprint density at radius 1 is 1.21 bits per heavy atom. The number of alkyl halides is 3. The van der Waals surface area contributed by atoms with Gasteiger partial charge in [0.15, 0.2) is 11.6 Å². The van der Waals surface area contributed by atoms with Gasteiger partial charge in [-0.25, -0.2) is 23.4 Å². The van der Waals surface area contributed by atoms with E-state index in [2.05, 4.69) is 15.6 Å². The molecular weight excluding hydrogens is 511 g/mol. The maximum Gasteiger partial charge on any atom is 0.394 e. The molecule has 4 amide bonds. The Bertz CT molecular complexity index is 1220. The number of carbonyl (C=O) groups is 2. The Balaban J connectivity index is 1.36. The van der Waals surface area contributed by atoms with Crippen LogP contribution in [0.15, 0.2) is 24.4 Å². The topological polar surface area (TPSA) is 82.5 Å². The van der Waals surface area contributed by atoms with Crippen molar-refractivity contribution in [2.75, 3.05) is 26.7 Å². The molecule has 1 aromatic heterocycles. The fourth-order valence-electron chi connectivity index (χ4n) is 5.87. The average Bonchev–Trinajstić information content (AvgIpc) is 3.30. The smallest absolute Gasteiger partial charge is 0.336 e. The van der Waals surface area contributed by atoms with Crippen LogP contribution in [0.2, 0.25) is 0 Å². The van der Waals surface area contributed by atoms with Crippen LogP contribution in [-0.2, 0) is 13.0 Å². The summed E-state index contributed by atoms with van der Waals surface area (Å²) in [7, 11) is 1.74. The first kappa shape index (κ1) is 26.2. The van der Waals surface area contributed by atoms with Crippen LogP contribution < -0.4 is 10.6 Å². The third-order valence-electron chi connectivity index (χ3n) is 8.15. The molecule has 5 rings (SSSR count). The molecule has 1 aromatic carbocycles. The largest absolute Gasteiger partial charge is 0.394 e. The van der Waals surface area contributed by atoms with Crippen molar-refractivity contribution in [3.8, 4) is 0 Å². The number of rotatable bonds is 3. The van der Waals surface area contributed by atoms with Gasteiger partial charge in [0.05, 0.1) is 18.0 Å². The summed E-state index contributed by atoms with van der Waals surface area (Å²) in [6, 6.07) is 2.57. The molecule has 2 N–H and O–H groups in total. The van der Waals surface area contributed by atoms with E-state index in [1.54, 1.807) is 16.8 Å². The molecule has 0 unspecified atom stereocenters. The highest BCUT2D eigenvalue weighted by atomic mass is 19.4. The fourth-order valence-corrected chi connectivity index (χ4v) is 5.87. The molecule has 0 radical (unpaired) electrons. The van der Waals surface area contributed by atoms with Gasteiger partial charge in [-0.05, 0) is 37.3 Å². The molecule has 2 fully saturated rings. The molecule has 2 atom stereocenters. The Hall–Kier alpha value is -3.38. The number of hydrogen-bond donors (Lipinski definition) is 2. The lowest BCUT2D eigenvalue weighted by Gasteiger charge is -2.42. The summed E-state index contributed by atoms with van der Waals surface area (Å²) in [4.78, 5) is 32.7. The first-order chi connectivity index (χ1) is 18.0. The molecular formula is C25H29F5N6O2. The van der Waals surface area contributed by atoms with Crippen LogP contribution >= 0.6 is 0 Å². The molecule has 38 heavy (non-hydrogen) atoms. The minimum atomic E-state index is -4.49. The fraction of sp³-hybridized carbons (Fsp3) is 0.560. The number of benzene rings is 1. The van der Waals surface area contributed by atoms with Gasteiger partial charge >= 0.3 is 18.2 Å². The summed E-state index contributed by atoms with van der Waals surface area (Å²) < 4.78 is 69.9. The summed E-state index contributed by atoms with van der Waals surface area (Å²) >= 11 is 0. The minimum absolute atomic E-state index is 0.0207. The number of imidazole rings is 1. The normalized spacial score (nSPS) is 23.3. The first-order valence-electron chi connectivity index (χ1n) is 12.6. The number of amides is 4. The van der Waals surface area contributed by atoms with Crippen LogP contribution in [0.25, 0.3) is 0 Å². The second-order valence-corrected chi connectivity index (χ2v) is 10.4. The standard InChI is InChI=1S/C25H29F5N6O2/c1-34-22(37)32-14-24(34)7-9-35(10-8-24)23(38)33-19-6-5-15(17-3-2-4-18(26)20(17)27)13-36-16(11-25(28,29)30)12-31-21(19)36/h2-4,12,15,19H,5-11,13-14H2,1H3,(H,32,37)(H,33,38)/t15-,19-/m1/s1. The van der Waals surface area contributed by atoms with Crippen molar-refractivity contribution in [1.29, 1.82) is 0 Å². The van der Waals surface area contributed by atoms with E-state index in [4.69, 9.17) is 0 Å². The van der Waals surface area contributed by atoms with Crippen LogP contribution in [0.3, 0.4) is 0 Å². The van der Waals surface area contributed by atoms with Crippen LogP contribution in [0, 0.1) is 11.6 Å². The predicted molar refractivity (Wildman–Crippen MR) is 126 cm³/mol. The van der Waals surface area contributed by atoms with Crippen molar-refractivity contribution in [2.24, 2.45) is 0 Å². The summed E-state index contributed by atoms with van der Waals surface area (Å²) in [6.45, 7) is 1.30. The highest BCUT2D eigenvalue weighted by Crippen LogP contribution is 2.37. The van der Waals surface area contributed by atoms with Gasteiger partial charge in [0.2, 0.25) is 0 Å². The zero-order valence-corrected chi connectivity index (χ0v) is 20.8. The first-order valence-corrected chi connectivity index (χ1v) is 12.6. The molecule has 1 spiro atoms. The van der Waals surface area contributed by atoms with Gasteiger partial charge in [0.1, 0.15) is 5.82 Å². The monoisotopic (exact) mass is 540 g/mol. The van der Waals surface area contributed by atoms with Crippen molar-refractivity contribution in [1.82, 2.24) is 30.0 Å². The molecule has 4 heterocycles. The van der Waals surface area contributed by atoms with Crippen molar-refractivity contribution >= 4 is 12.1 Å². The van der Waals surface area contributed by atoms with E-state index < -0.39 is 36.2 Å². The van der Waals surface area contributed by atoms with Crippen molar-refractivity contribution in [3.63, 3.8) is 0 Å². The second-order valence-electron chi connectivity index (χ2n) is 10.4. The lowest BCUT2D eigenvalue weighted by molar-refractivity contribution is -0.128. The summed E-state index contributed by atoms with van der Waals surface area (Å²) in [5, 5.41) is 5.74. The number of nitrogens with one attached hydrogen (secondary N) is 2. The highest BCUT2D eigenvalue weighted by Gasteiger charge is 2.46. The van der Waals surface area contributed by atoms with Crippen LogP contribution in [-0.4, -0.2) is 69.8 Å². The molecule has 2 saturated heterocycles. The number of likely N-dealkylation sites (N-methyl/N-ethyl adjacent to an activating group) is 1. The van der Waals surface area contributed by atoms with E-state index >= 15 is 0 Å². The zero-order chi connectivity index (χ0) is 27.2. The molecule has 0 saturated carbocycles. The van der Waals surface area contributed by atoms with Gasteiger partial charge in [-0.3, -0.25) is 0 Å². The Morgan fingerprint density at radius 3 is 2.61 bits per heavy atom. The third-order valence-corrected chi connectivity index (χ3v) is 8.15. The van der Waals surface area contributed by atoms with Gasteiger partial charge in [0, 0.05) is 51.0 Å². The van der Waals surface area contributed by atoms with Crippen molar-refractivity contribution < 1.29 is 31.5 Å². The number of piperidine rings is 1. The zero-order valence-electron chi connectivity index (χ0n) is 20.8. The minimum Gasteiger partial charge on any atom is -0.336 e. The molecule has 13 heteroatoms. The van der Waals surface area contributed by atoms with Gasteiger partial charge in [0.25, 0.3) is 0 Å². The van der Waals surface area contributed by atoms with Crippen molar-refractivity contribution in [3.05, 3.63) is 53.1 Å². The maximum atomic E-state index is 14.6. The Labute approximate surface area is 216 Å². The number of aromatic nitrogens is 2. The van der Waals surface area contributed by atoms with E-state index in [-0.39, 0.29) is 47.6 Å². The lowest BCUT2D eigenvalue weighted by atomic mass is 9.87. The lowest BCUT2D eigenvalue weighted by Crippen LogP contribution is -2.55. The molecule has 3 aliphatic rings. The van der Waals surface area contributed by atoms with Crippen LogP contribution in [0.4, 0.5) is 31.5 Å². The summed E-state index contributed by atoms with van der Waals surface area (Å²) in [6.07, 6.45) is -2.81. The molecule has 0 aliphatic carbocycles. The summed E-state index contributed by atoms with van der Waals surface area (Å²) in [5.41, 5.74) is -0.363. The maximum absolute atomic E-state index is 14.6. The van der Waals surface area contributed by atoms with Gasteiger partial charge in [-0.1, -0.05) is 12.1 Å². The van der Waals surface area contributed by atoms with Crippen LogP contribution in [0.1, 0.15) is 54.7 Å². The van der Waals surface area contributed by atoms with Crippen LogP contribution in [0.5, 0.6) is 0 Å². The highest BCUT2D eigenvalue weighted by molar-refractivity contribution is 5.78. The molecule has 0 bridgehead atoms. The molecule has 8 nitrogen and oxygen atoms in total. The number of fused-ring (bicyclic) bond motifs is 1. The number of likely N-dealkylation sites (tertiary alicyclic amines) is 1. The average molecular weight is 541 g/mol. The summed E-state index contributed by atoms with van der Waals surface area (Å²) in [5.74, 6) is -2.39. The third kappa shape index (κ3) is 4.90. The number of carbonyl (C=O) groups excluding carboxylic acids is 2. The molecule has 2 aromatic rings. The van der Waals surface area contributed by atoms with Gasteiger partial charge in [-0.2, -0.15) is 13.2 Å². The van der Waals surface area contributed by atoms with Crippen molar-refractivity contribution in [2.45, 2.75) is 62.3 Å². The molecule has 206 valence electrons. The second kappa shape index (κ2) is 9.73. The predicted octanol–water partition coefficient (Wildman–Crippen LogP) is 4.08. The van der Waals surface area contributed by atoms with Gasteiger partial charge < -0.3 is 25.0 Å².